The molecule has 1 atom stereocenters. The largest absolute Gasteiger partial charge is 0.389 e. The summed E-state index contributed by atoms with van der Waals surface area (Å²) in [6.07, 6.45) is 2.36. The first kappa shape index (κ1) is 15.4. The van der Waals surface area contributed by atoms with Gasteiger partial charge in [0.25, 0.3) is 0 Å². The standard InChI is InChI=1S/C13H23N3OS/c1-4-13(17,9-14)6-5-7-18-12-15-10(2)8-11(3)16-12/h8,17H,4-7,9,14H2,1-3H3. The fourth-order valence-corrected chi connectivity index (χ4v) is 2.63. The molecule has 1 aromatic rings. The zero-order chi connectivity index (χ0) is 13.6. The van der Waals surface area contributed by atoms with Gasteiger partial charge in [-0.15, -0.1) is 0 Å². The molecular formula is C13H23N3OS. The number of hydrogen-bond acceptors (Lipinski definition) is 5. The molecule has 1 heterocycles. The number of hydrogen-bond donors (Lipinski definition) is 2. The van der Waals surface area contributed by atoms with Crippen LogP contribution in [0.5, 0.6) is 0 Å². The molecule has 1 rings (SSSR count). The zero-order valence-electron chi connectivity index (χ0n) is 11.4. The van der Waals surface area contributed by atoms with Crippen molar-refractivity contribution in [2.24, 2.45) is 5.73 Å². The quantitative estimate of drug-likeness (QED) is 0.450. The fourth-order valence-electron chi connectivity index (χ4n) is 1.75. The maximum Gasteiger partial charge on any atom is 0.187 e. The fraction of sp³-hybridized carbons (Fsp3) is 0.692. The Balaban J connectivity index is 2.38. The first-order valence-electron chi connectivity index (χ1n) is 6.36. The predicted octanol–water partition coefficient (Wildman–Crippen LogP) is 2.07. The number of aliphatic hydroxyl groups is 1. The molecule has 3 N–H and O–H groups in total. The average Bonchev–Trinajstić information content (AvgIpc) is 2.33. The van der Waals surface area contributed by atoms with Crippen LogP contribution in [0.15, 0.2) is 11.2 Å². The van der Waals surface area contributed by atoms with Gasteiger partial charge in [0.05, 0.1) is 5.60 Å². The molecule has 0 saturated carbocycles. The summed E-state index contributed by atoms with van der Waals surface area (Å²) in [7, 11) is 0. The molecule has 0 saturated heterocycles. The van der Waals surface area contributed by atoms with Crippen LogP contribution in [0.3, 0.4) is 0 Å². The lowest BCUT2D eigenvalue weighted by Crippen LogP contribution is -2.36. The van der Waals surface area contributed by atoms with Crippen molar-refractivity contribution >= 4 is 11.8 Å². The van der Waals surface area contributed by atoms with Crippen LogP contribution in [-0.4, -0.2) is 33.0 Å². The van der Waals surface area contributed by atoms with E-state index in [4.69, 9.17) is 5.73 Å². The van der Waals surface area contributed by atoms with E-state index >= 15 is 0 Å². The highest BCUT2D eigenvalue weighted by molar-refractivity contribution is 7.99. The van der Waals surface area contributed by atoms with Gasteiger partial charge in [-0.2, -0.15) is 0 Å². The highest BCUT2D eigenvalue weighted by atomic mass is 32.2. The predicted molar refractivity (Wildman–Crippen MR) is 75.8 cm³/mol. The number of nitrogens with two attached hydrogens (primary N) is 1. The molecule has 0 aliphatic rings. The van der Waals surface area contributed by atoms with Crippen molar-refractivity contribution in [1.82, 2.24) is 9.97 Å². The molecule has 0 aliphatic carbocycles. The summed E-state index contributed by atoms with van der Waals surface area (Å²) in [6, 6.07) is 1.97. The lowest BCUT2D eigenvalue weighted by atomic mass is 9.95. The molecule has 0 spiro atoms. The van der Waals surface area contributed by atoms with Gasteiger partial charge in [0.15, 0.2) is 5.16 Å². The molecule has 5 heteroatoms. The summed E-state index contributed by atoms with van der Waals surface area (Å²) in [5, 5.41) is 10.9. The molecule has 0 amide bonds. The molecule has 102 valence electrons. The van der Waals surface area contributed by atoms with Crippen LogP contribution in [-0.2, 0) is 0 Å². The monoisotopic (exact) mass is 269 g/mol. The second-order valence-electron chi connectivity index (χ2n) is 4.67. The van der Waals surface area contributed by atoms with Gasteiger partial charge in [0.1, 0.15) is 0 Å². The molecular weight excluding hydrogens is 246 g/mol. The van der Waals surface area contributed by atoms with Gasteiger partial charge in [0.2, 0.25) is 0 Å². The lowest BCUT2D eigenvalue weighted by molar-refractivity contribution is 0.0360. The summed E-state index contributed by atoms with van der Waals surface area (Å²) < 4.78 is 0. The Labute approximate surface area is 113 Å². The minimum absolute atomic E-state index is 0.328. The van der Waals surface area contributed by atoms with Crippen LogP contribution in [0.25, 0.3) is 0 Å². The van der Waals surface area contributed by atoms with Crippen LogP contribution < -0.4 is 5.73 Å². The highest BCUT2D eigenvalue weighted by Gasteiger charge is 2.21. The van der Waals surface area contributed by atoms with Gasteiger partial charge in [-0.05, 0) is 39.2 Å². The Morgan fingerprint density at radius 1 is 1.33 bits per heavy atom. The third-order valence-electron chi connectivity index (χ3n) is 3.02. The molecule has 0 bridgehead atoms. The number of nitrogens with zero attached hydrogens (tertiary/aromatic N) is 2. The van der Waals surface area contributed by atoms with Crippen molar-refractivity contribution in [2.75, 3.05) is 12.3 Å². The van der Waals surface area contributed by atoms with Crippen LogP contribution in [0.4, 0.5) is 0 Å². The molecule has 0 radical (unpaired) electrons. The molecule has 1 unspecified atom stereocenters. The molecule has 18 heavy (non-hydrogen) atoms. The summed E-state index contributed by atoms with van der Waals surface area (Å²) in [5.41, 5.74) is 6.86. The SMILES string of the molecule is CCC(O)(CN)CCCSc1nc(C)cc(C)n1. The van der Waals surface area contributed by atoms with Crippen LogP contribution >= 0.6 is 11.8 Å². The second kappa shape index (κ2) is 7.07. The number of thioether (sulfide) groups is 1. The summed E-state index contributed by atoms with van der Waals surface area (Å²) in [6.45, 7) is 6.24. The maximum absolute atomic E-state index is 10.0. The number of aromatic nitrogens is 2. The topological polar surface area (TPSA) is 72.0 Å². The minimum atomic E-state index is -0.704. The highest BCUT2D eigenvalue weighted by Crippen LogP contribution is 2.20. The summed E-state index contributed by atoms with van der Waals surface area (Å²) in [5.74, 6) is 0.908. The van der Waals surface area contributed by atoms with Gasteiger partial charge in [-0.25, -0.2) is 9.97 Å². The van der Waals surface area contributed by atoms with Crippen LogP contribution in [0, 0.1) is 13.8 Å². The van der Waals surface area contributed by atoms with E-state index in [1.165, 1.54) is 0 Å². The number of aryl methyl sites for hydroxylation is 2. The Kier molecular flexibility index (Phi) is 6.05. The zero-order valence-corrected chi connectivity index (χ0v) is 12.3. The van der Waals surface area contributed by atoms with Gasteiger partial charge in [-0.3, -0.25) is 0 Å². The maximum atomic E-state index is 10.0. The van der Waals surface area contributed by atoms with Crippen LogP contribution in [0.2, 0.25) is 0 Å². The van der Waals surface area contributed by atoms with Crippen molar-refractivity contribution in [2.45, 2.75) is 50.8 Å². The first-order chi connectivity index (χ1) is 8.49. The van der Waals surface area contributed by atoms with Crippen molar-refractivity contribution in [3.8, 4) is 0 Å². The molecule has 4 nitrogen and oxygen atoms in total. The second-order valence-corrected chi connectivity index (χ2v) is 5.73. The van der Waals surface area contributed by atoms with E-state index in [9.17, 15) is 5.11 Å². The molecule has 1 aromatic heterocycles. The third kappa shape index (κ3) is 4.92. The van der Waals surface area contributed by atoms with Gasteiger partial charge in [-0.1, -0.05) is 18.7 Å². The third-order valence-corrected chi connectivity index (χ3v) is 3.95. The Bertz CT molecular complexity index is 360. The van der Waals surface area contributed by atoms with Crippen LogP contribution in [0.1, 0.15) is 37.6 Å². The average molecular weight is 269 g/mol. The first-order valence-corrected chi connectivity index (χ1v) is 7.35. The van der Waals surface area contributed by atoms with E-state index in [2.05, 4.69) is 9.97 Å². The summed E-state index contributed by atoms with van der Waals surface area (Å²) >= 11 is 1.64. The molecule has 0 fully saturated rings. The smallest absolute Gasteiger partial charge is 0.187 e. The van der Waals surface area contributed by atoms with Crippen molar-refractivity contribution in [3.05, 3.63) is 17.5 Å². The molecule has 0 aromatic carbocycles. The lowest BCUT2D eigenvalue weighted by Gasteiger charge is -2.24. The minimum Gasteiger partial charge on any atom is -0.389 e. The number of rotatable bonds is 7. The van der Waals surface area contributed by atoms with Crippen molar-refractivity contribution < 1.29 is 5.11 Å². The molecule has 0 aliphatic heterocycles. The van der Waals surface area contributed by atoms with Gasteiger partial charge < -0.3 is 10.8 Å². The van der Waals surface area contributed by atoms with E-state index in [-0.39, 0.29) is 0 Å². The van der Waals surface area contributed by atoms with Crippen molar-refractivity contribution in [3.63, 3.8) is 0 Å². The Hall–Kier alpha value is -0.650. The Morgan fingerprint density at radius 2 is 1.94 bits per heavy atom. The van der Waals surface area contributed by atoms with Gasteiger partial charge >= 0.3 is 0 Å². The van der Waals surface area contributed by atoms with Crippen molar-refractivity contribution in [1.29, 1.82) is 0 Å². The van der Waals surface area contributed by atoms with E-state index in [1.807, 2.05) is 26.8 Å². The van der Waals surface area contributed by atoms with E-state index in [0.29, 0.717) is 13.0 Å². The normalized spacial score (nSPS) is 14.5. The van der Waals surface area contributed by atoms with E-state index < -0.39 is 5.60 Å². The summed E-state index contributed by atoms with van der Waals surface area (Å²) in [4.78, 5) is 8.75. The van der Waals surface area contributed by atoms with Gasteiger partial charge in [0, 0.05) is 23.7 Å². The Morgan fingerprint density at radius 3 is 2.44 bits per heavy atom. The van der Waals surface area contributed by atoms with E-state index in [0.717, 1.165) is 35.1 Å². The van der Waals surface area contributed by atoms with E-state index in [1.54, 1.807) is 11.8 Å².